The Morgan fingerprint density at radius 2 is 2.00 bits per heavy atom. The van der Waals surface area contributed by atoms with E-state index >= 15 is 0 Å². The highest BCUT2D eigenvalue weighted by molar-refractivity contribution is 5.85. The van der Waals surface area contributed by atoms with E-state index in [0.717, 1.165) is 0 Å². The Kier molecular flexibility index (Phi) is 5.00. The zero-order valence-corrected chi connectivity index (χ0v) is 11.4. The molecule has 0 saturated heterocycles. The van der Waals surface area contributed by atoms with Gasteiger partial charge in [0.25, 0.3) is 5.69 Å². The molecule has 0 aliphatic heterocycles. The number of amides is 1. The van der Waals surface area contributed by atoms with Crippen molar-refractivity contribution in [2.24, 2.45) is 0 Å². The quantitative estimate of drug-likeness (QED) is 0.604. The number of carbonyl (C=O) groups is 1. The van der Waals surface area contributed by atoms with E-state index in [2.05, 4.69) is 10.6 Å². The number of nitrogens with zero attached hydrogens (tertiary/aromatic N) is 1. The normalized spacial score (nSPS) is 11.1. The summed E-state index contributed by atoms with van der Waals surface area (Å²) in [4.78, 5) is 22.4. The predicted octanol–water partition coefficient (Wildman–Crippen LogP) is 1.60. The Morgan fingerprint density at radius 3 is 2.58 bits per heavy atom. The van der Waals surface area contributed by atoms with Crippen LogP contribution in [0.5, 0.6) is 0 Å². The van der Waals surface area contributed by atoms with E-state index < -0.39 is 10.5 Å². The minimum Gasteiger partial charge on any atom is -0.350 e. The maximum atomic E-state index is 12.0. The molecule has 1 amide bonds. The van der Waals surface area contributed by atoms with E-state index in [0.29, 0.717) is 12.1 Å². The Hall–Kier alpha value is -1.95. The van der Waals surface area contributed by atoms with Crippen molar-refractivity contribution >= 4 is 11.6 Å². The second-order valence-corrected chi connectivity index (χ2v) is 4.72. The summed E-state index contributed by atoms with van der Waals surface area (Å²) >= 11 is 0. The largest absolute Gasteiger partial charge is 0.350 e. The molecule has 6 nitrogen and oxygen atoms in total. The molecule has 0 heterocycles. The zero-order chi connectivity index (χ0) is 14.5. The molecule has 0 bridgehead atoms. The van der Waals surface area contributed by atoms with E-state index in [1.807, 2.05) is 6.92 Å². The van der Waals surface area contributed by atoms with Gasteiger partial charge in [0.05, 0.1) is 10.5 Å². The van der Waals surface area contributed by atoms with Crippen LogP contribution in [0.4, 0.5) is 5.69 Å². The van der Waals surface area contributed by atoms with Gasteiger partial charge in [-0.05, 0) is 20.4 Å². The number of nitro benzene ring substituents is 1. The van der Waals surface area contributed by atoms with Crippen LogP contribution in [-0.4, -0.2) is 22.9 Å². The first-order chi connectivity index (χ1) is 8.88. The molecule has 104 valence electrons. The number of likely N-dealkylation sites (N-methyl/N-ethyl adjacent to an activating group) is 1. The summed E-state index contributed by atoms with van der Waals surface area (Å²) in [7, 11) is 0. The highest BCUT2D eigenvalue weighted by Gasteiger charge is 2.26. The summed E-state index contributed by atoms with van der Waals surface area (Å²) in [6.45, 7) is 6.27. The number of carbonyl (C=O) groups excluding carboxylic acids is 1. The van der Waals surface area contributed by atoms with Crippen LogP contribution in [-0.2, 0) is 11.3 Å². The van der Waals surface area contributed by atoms with Crippen LogP contribution in [0.2, 0.25) is 0 Å². The second-order valence-electron chi connectivity index (χ2n) is 4.72. The van der Waals surface area contributed by atoms with E-state index in [9.17, 15) is 14.9 Å². The van der Waals surface area contributed by atoms with Gasteiger partial charge in [0.2, 0.25) is 5.91 Å². The maximum Gasteiger partial charge on any atom is 0.274 e. The minimum absolute atomic E-state index is 0.0176. The van der Waals surface area contributed by atoms with E-state index in [1.54, 1.807) is 32.0 Å². The van der Waals surface area contributed by atoms with Gasteiger partial charge in [-0.2, -0.15) is 0 Å². The lowest BCUT2D eigenvalue weighted by Gasteiger charge is -2.24. The number of hydrogen-bond acceptors (Lipinski definition) is 4. The van der Waals surface area contributed by atoms with Crippen molar-refractivity contribution in [2.45, 2.75) is 32.9 Å². The number of nitrogens with one attached hydrogen (secondary N) is 2. The van der Waals surface area contributed by atoms with Crippen molar-refractivity contribution in [3.63, 3.8) is 0 Å². The fraction of sp³-hybridized carbons (Fsp3) is 0.462. The van der Waals surface area contributed by atoms with Gasteiger partial charge in [-0.25, -0.2) is 0 Å². The molecule has 0 aliphatic rings. The van der Waals surface area contributed by atoms with Crippen LogP contribution in [0.25, 0.3) is 0 Å². The topological polar surface area (TPSA) is 84.3 Å². The van der Waals surface area contributed by atoms with Crippen molar-refractivity contribution in [3.05, 3.63) is 39.9 Å². The lowest BCUT2D eigenvalue weighted by atomic mass is 10.0. The molecule has 1 aromatic carbocycles. The first-order valence-corrected chi connectivity index (χ1v) is 6.14. The third kappa shape index (κ3) is 4.03. The Bertz CT molecular complexity index is 472. The molecule has 0 spiro atoms. The molecular weight excluding hydrogens is 246 g/mol. The summed E-state index contributed by atoms with van der Waals surface area (Å²) in [6.07, 6.45) is 0. The van der Waals surface area contributed by atoms with Crippen molar-refractivity contribution in [1.82, 2.24) is 10.6 Å². The molecule has 6 heteroatoms. The van der Waals surface area contributed by atoms with Crippen LogP contribution >= 0.6 is 0 Å². The van der Waals surface area contributed by atoms with Crippen molar-refractivity contribution in [2.75, 3.05) is 6.54 Å². The lowest BCUT2D eigenvalue weighted by Crippen LogP contribution is -2.52. The summed E-state index contributed by atoms with van der Waals surface area (Å²) in [6, 6.07) is 6.38. The molecule has 2 N–H and O–H groups in total. The standard InChI is InChI=1S/C13H19N3O3/c1-4-15-13(2,3)12(17)14-9-10-7-5-6-8-11(10)16(18)19/h5-8,15H,4,9H2,1-3H3,(H,14,17). The van der Waals surface area contributed by atoms with Crippen LogP contribution in [0.15, 0.2) is 24.3 Å². The SMILES string of the molecule is CCNC(C)(C)C(=O)NCc1ccccc1[N+](=O)[O-]. The van der Waals surface area contributed by atoms with Gasteiger partial charge in [0.1, 0.15) is 0 Å². The van der Waals surface area contributed by atoms with Crippen molar-refractivity contribution in [3.8, 4) is 0 Å². The van der Waals surface area contributed by atoms with Gasteiger partial charge in [-0.1, -0.05) is 25.1 Å². The van der Waals surface area contributed by atoms with E-state index in [4.69, 9.17) is 0 Å². The Balaban J connectivity index is 2.72. The van der Waals surface area contributed by atoms with Crippen molar-refractivity contribution < 1.29 is 9.72 Å². The molecule has 1 rings (SSSR count). The summed E-state index contributed by atoms with van der Waals surface area (Å²) < 4.78 is 0. The highest BCUT2D eigenvalue weighted by atomic mass is 16.6. The summed E-state index contributed by atoms with van der Waals surface area (Å²) in [5.41, 5.74) is -0.185. The number of hydrogen-bond donors (Lipinski definition) is 2. The summed E-state index contributed by atoms with van der Waals surface area (Å²) in [5, 5.41) is 16.6. The third-order valence-electron chi connectivity index (χ3n) is 2.81. The first-order valence-electron chi connectivity index (χ1n) is 6.14. The zero-order valence-electron chi connectivity index (χ0n) is 11.4. The van der Waals surface area contributed by atoms with Crippen LogP contribution in [0.1, 0.15) is 26.3 Å². The van der Waals surface area contributed by atoms with Crippen LogP contribution in [0, 0.1) is 10.1 Å². The maximum absolute atomic E-state index is 12.0. The predicted molar refractivity (Wildman–Crippen MR) is 72.7 cm³/mol. The van der Waals surface area contributed by atoms with Gasteiger partial charge in [-0.3, -0.25) is 14.9 Å². The van der Waals surface area contributed by atoms with Crippen LogP contribution in [0.3, 0.4) is 0 Å². The first kappa shape index (κ1) is 15.1. The molecule has 0 saturated carbocycles. The number of benzene rings is 1. The molecular formula is C13H19N3O3. The fourth-order valence-corrected chi connectivity index (χ4v) is 1.76. The van der Waals surface area contributed by atoms with Crippen LogP contribution < -0.4 is 10.6 Å². The van der Waals surface area contributed by atoms with Gasteiger partial charge >= 0.3 is 0 Å². The Labute approximate surface area is 112 Å². The number of rotatable bonds is 6. The average molecular weight is 265 g/mol. The second kappa shape index (κ2) is 6.29. The number of nitro groups is 1. The Morgan fingerprint density at radius 1 is 1.37 bits per heavy atom. The van der Waals surface area contributed by atoms with Gasteiger partial charge < -0.3 is 10.6 Å². The lowest BCUT2D eigenvalue weighted by molar-refractivity contribution is -0.385. The molecule has 0 fully saturated rings. The summed E-state index contributed by atoms with van der Waals surface area (Å²) in [5.74, 6) is -0.187. The smallest absolute Gasteiger partial charge is 0.274 e. The molecule has 0 aliphatic carbocycles. The molecule has 0 radical (unpaired) electrons. The van der Waals surface area contributed by atoms with E-state index in [1.165, 1.54) is 6.07 Å². The molecule has 1 aromatic rings. The van der Waals surface area contributed by atoms with Gasteiger partial charge in [0, 0.05) is 18.2 Å². The van der Waals surface area contributed by atoms with E-state index in [-0.39, 0.29) is 18.1 Å². The monoisotopic (exact) mass is 265 g/mol. The number of para-hydroxylation sites is 1. The third-order valence-corrected chi connectivity index (χ3v) is 2.81. The molecule has 0 aromatic heterocycles. The van der Waals surface area contributed by atoms with Crippen molar-refractivity contribution in [1.29, 1.82) is 0 Å². The molecule has 0 atom stereocenters. The van der Waals surface area contributed by atoms with Gasteiger partial charge in [-0.15, -0.1) is 0 Å². The highest BCUT2D eigenvalue weighted by Crippen LogP contribution is 2.17. The molecule has 19 heavy (non-hydrogen) atoms. The van der Waals surface area contributed by atoms with Gasteiger partial charge in [0.15, 0.2) is 0 Å². The fourth-order valence-electron chi connectivity index (χ4n) is 1.76. The average Bonchev–Trinajstić information content (AvgIpc) is 2.36. The minimum atomic E-state index is -0.696. The molecule has 0 unspecified atom stereocenters.